The molecule has 0 radical (unpaired) electrons. The second-order valence-electron chi connectivity index (χ2n) is 3.56. The van der Waals surface area contributed by atoms with Crippen molar-refractivity contribution >= 4 is 12.4 Å². The predicted molar refractivity (Wildman–Crippen MR) is 48.8 cm³/mol. The Hall–Kier alpha value is -1.10. The van der Waals surface area contributed by atoms with Gasteiger partial charge in [-0.15, -0.1) is 0 Å². The van der Waals surface area contributed by atoms with E-state index >= 15 is 0 Å². The maximum Gasteiger partial charge on any atom is 0.326 e. The molecule has 80 valence electrons. The van der Waals surface area contributed by atoms with Gasteiger partial charge in [0.25, 0.3) is 0 Å². The molecule has 1 heterocycles. The van der Waals surface area contributed by atoms with Gasteiger partial charge in [-0.2, -0.15) is 0 Å². The molecule has 0 aromatic heterocycles. The van der Waals surface area contributed by atoms with Crippen molar-refractivity contribution in [3.05, 3.63) is 0 Å². The van der Waals surface area contributed by atoms with E-state index in [1.165, 1.54) is 0 Å². The van der Waals surface area contributed by atoms with E-state index in [4.69, 9.17) is 9.84 Å². The van der Waals surface area contributed by atoms with Crippen molar-refractivity contribution in [3.63, 3.8) is 0 Å². The van der Waals surface area contributed by atoms with Crippen molar-refractivity contribution in [2.75, 3.05) is 0 Å². The Balaban J connectivity index is 2.39. The van der Waals surface area contributed by atoms with E-state index in [-0.39, 0.29) is 12.2 Å². The first-order chi connectivity index (χ1) is 6.63. The lowest BCUT2D eigenvalue weighted by Gasteiger charge is -2.16. The van der Waals surface area contributed by atoms with Gasteiger partial charge >= 0.3 is 5.97 Å². The molecule has 0 aromatic rings. The lowest BCUT2D eigenvalue weighted by molar-refractivity contribution is -0.141. The predicted octanol–water partition coefficient (Wildman–Crippen LogP) is 0.143. The number of aliphatic carboxylic acids is 1. The summed E-state index contributed by atoms with van der Waals surface area (Å²) in [4.78, 5) is 20.8. The quantitative estimate of drug-likeness (QED) is 0.620. The topological polar surface area (TPSA) is 75.6 Å². The van der Waals surface area contributed by atoms with E-state index in [1.807, 2.05) is 6.92 Å². The average Bonchev–Trinajstić information content (AvgIpc) is 2.50. The number of hydrogen-bond donors (Lipinski definition) is 2. The highest BCUT2D eigenvalue weighted by molar-refractivity contribution is 5.76. The molecule has 1 aliphatic rings. The van der Waals surface area contributed by atoms with E-state index in [0.717, 1.165) is 12.8 Å². The Bertz CT molecular complexity index is 219. The van der Waals surface area contributed by atoms with Gasteiger partial charge in [-0.1, -0.05) is 0 Å². The lowest BCUT2D eigenvalue weighted by atomic mass is 10.1. The molecule has 1 fully saturated rings. The van der Waals surface area contributed by atoms with Crippen LogP contribution in [0.1, 0.15) is 26.2 Å². The van der Waals surface area contributed by atoms with Crippen LogP contribution in [0.5, 0.6) is 0 Å². The number of carbonyl (C=O) groups excluding carboxylic acids is 1. The summed E-state index contributed by atoms with van der Waals surface area (Å²) in [5, 5.41) is 11.0. The minimum atomic E-state index is -1.01. The minimum Gasteiger partial charge on any atom is -0.480 e. The molecule has 1 saturated heterocycles. The van der Waals surface area contributed by atoms with Crippen LogP contribution in [0.3, 0.4) is 0 Å². The largest absolute Gasteiger partial charge is 0.480 e. The number of hydrogen-bond acceptors (Lipinski definition) is 3. The molecule has 3 unspecified atom stereocenters. The highest BCUT2D eigenvalue weighted by Crippen LogP contribution is 2.22. The zero-order valence-electron chi connectivity index (χ0n) is 8.10. The number of ether oxygens (including phenoxy) is 1. The van der Waals surface area contributed by atoms with Crippen LogP contribution >= 0.6 is 0 Å². The van der Waals surface area contributed by atoms with E-state index in [0.29, 0.717) is 12.8 Å². The standard InChI is InChI=1S/C9H15NO4/c1-6-2-3-7(14-6)4-8(9(12)13)10-5-11/h5-8H,2-4H2,1H3,(H,10,11)(H,12,13). The van der Waals surface area contributed by atoms with Crippen LogP contribution < -0.4 is 5.32 Å². The Labute approximate surface area is 82.4 Å². The number of carboxylic acid groups (broad SMARTS) is 1. The molecule has 0 aliphatic carbocycles. The van der Waals surface area contributed by atoms with Crippen molar-refractivity contribution in [2.24, 2.45) is 0 Å². The molecule has 1 aliphatic heterocycles. The maximum atomic E-state index is 10.7. The Morgan fingerprint density at radius 1 is 1.71 bits per heavy atom. The molecular weight excluding hydrogens is 186 g/mol. The van der Waals surface area contributed by atoms with Crippen LogP contribution in [0.4, 0.5) is 0 Å². The van der Waals surface area contributed by atoms with Crippen LogP contribution in [0.25, 0.3) is 0 Å². The smallest absolute Gasteiger partial charge is 0.326 e. The van der Waals surface area contributed by atoms with E-state index in [1.54, 1.807) is 0 Å². The van der Waals surface area contributed by atoms with Crippen LogP contribution in [0.2, 0.25) is 0 Å². The van der Waals surface area contributed by atoms with Gasteiger partial charge in [0.15, 0.2) is 0 Å². The summed E-state index contributed by atoms with van der Waals surface area (Å²) in [6.45, 7) is 1.96. The van der Waals surface area contributed by atoms with Crippen molar-refractivity contribution in [1.29, 1.82) is 0 Å². The van der Waals surface area contributed by atoms with E-state index in [2.05, 4.69) is 5.32 Å². The zero-order chi connectivity index (χ0) is 10.6. The molecule has 1 rings (SSSR count). The Morgan fingerprint density at radius 3 is 2.86 bits per heavy atom. The molecule has 3 atom stereocenters. The molecule has 2 N–H and O–H groups in total. The summed E-state index contributed by atoms with van der Waals surface area (Å²) in [5.74, 6) is -1.01. The second kappa shape index (κ2) is 4.95. The van der Waals surface area contributed by atoms with E-state index < -0.39 is 12.0 Å². The normalized spacial score (nSPS) is 28.4. The summed E-state index contributed by atoms with van der Waals surface area (Å²) >= 11 is 0. The van der Waals surface area contributed by atoms with Crippen LogP contribution in [0, 0.1) is 0 Å². The first-order valence-corrected chi connectivity index (χ1v) is 4.71. The number of rotatable bonds is 5. The zero-order valence-corrected chi connectivity index (χ0v) is 8.10. The van der Waals surface area contributed by atoms with Gasteiger partial charge in [0, 0.05) is 6.42 Å². The first kappa shape index (κ1) is 11.0. The summed E-state index contributed by atoms with van der Waals surface area (Å²) in [7, 11) is 0. The lowest BCUT2D eigenvalue weighted by Crippen LogP contribution is -2.38. The van der Waals surface area contributed by atoms with Gasteiger partial charge in [-0.3, -0.25) is 4.79 Å². The van der Waals surface area contributed by atoms with Gasteiger partial charge in [0.05, 0.1) is 12.2 Å². The third kappa shape index (κ3) is 2.99. The fourth-order valence-electron chi connectivity index (χ4n) is 1.64. The van der Waals surface area contributed by atoms with Gasteiger partial charge in [0.1, 0.15) is 6.04 Å². The summed E-state index contributed by atoms with van der Waals surface area (Å²) in [6.07, 6.45) is 2.74. The number of carbonyl (C=O) groups is 2. The summed E-state index contributed by atoms with van der Waals surface area (Å²) in [6, 6.07) is -0.831. The van der Waals surface area contributed by atoms with Crippen LogP contribution in [0.15, 0.2) is 0 Å². The molecule has 0 bridgehead atoms. The molecule has 1 amide bonds. The summed E-state index contributed by atoms with van der Waals surface area (Å²) in [5.41, 5.74) is 0. The molecule has 14 heavy (non-hydrogen) atoms. The summed E-state index contributed by atoms with van der Waals surface area (Å²) < 4.78 is 5.47. The van der Waals surface area contributed by atoms with Gasteiger partial charge in [0.2, 0.25) is 6.41 Å². The maximum absolute atomic E-state index is 10.7. The monoisotopic (exact) mass is 201 g/mol. The average molecular weight is 201 g/mol. The molecular formula is C9H15NO4. The van der Waals surface area contributed by atoms with Crippen molar-refractivity contribution in [2.45, 2.75) is 44.4 Å². The third-order valence-electron chi connectivity index (χ3n) is 2.39. The second-order valence-corrected chi connectivity index (χ2v) is 3.56. The van der Waals surface area contributed by atoms with Gasteiger partial charge in [-0.25, -0.2) is 4.79 Å². The highest BCUT2D eigenvalue weighted by atomic mass is 16.5. The molecule has 0 saturated carbocycles. The first-order valence-electron chi connectivity index (χ1n) is 4.71. The minimum absolute atomic E-state index is 0.0430. The van der Waals surface area contributed by atoms with Crippen LogP contribution in [-0.2, 0) is 14.3 Å². The van der Waals surface area contributed by atoms with Crippen molar-refractivity contribution < 1.29 is 19.4 Å². The third-order valence-corrected chi connectivity index (χ3v) is 2.39. The fraction of sp³-hybridized carbons (Fsp3) is 0.778. The number of amides is 1. The molecule has 0 spiro atoms. The Morgan fingerprint density at radius 2 is 2.43 bits per heavy atom. The number of nitrogens with one attached hydrogen (secondary N) is 1. The van der Waals surface area contributed by atoms with Crippen molar-refractivity contribution in [3.8, 4) is 0 Å². The fourth-order valence-corrected chi connectivity index (χ4v) is 1.64. The van der Waals surface area contributed by atoms with E-state index in [9.17, 15) is 9.59 Å². The Kier molecular flexibility index (Phi) is 3.88. The molecule has 0 aromatic carbocycles. The highest BCUT2D eigenvalue weighted by Gasteiger charge is 2.27. The SMILES string of the molecule is CC1CCC(CC(NC=O)C(=O)O)O1. The molecule has 5 nitrogen and oxygen atoms in total. The van der Waals surface area contributed by atoms with Crippen molar-refractivity contribution in [1.82, 2.24) is 5.32 Å². The number of carboxylic acids is 1. The van der Waals surface area contributed by atoms with Gasteiger partial charge in [-0.05, 0) is 19.8 Å². The van der Waals surface area contributed by atoms with Gasteiger partial charge < -0.3 is 15.2 Å². The molecule has 5 heteroatoms. The van der Waals surface area contributed by atoms with Crippen LogP contribution in [-0.4, -0.2) is 35.7 Å².